The second-order valence-electron chi connectivity index (χ2n) is 8.79. The first-order valence-electron chi connectivity index (χ1n) is 12.2. The molecule has 0 spiro atoms. The highest BCUT2D eigenvalue weighted by Crippen LogP contribution is 2.21. The molecule has 4 aromatic rings. The summed E-state index contributed by atoms with van der Waals surface area (Å²) in [5.74, 6) is -0.111. The zero-order valence-electron chi connectivity index (χ0n) is 20.3. The van der Waals surface area contributed by atoms with Crippen molar-refractivity contribution in [3.63, 3.8) is 0 Å². The average molecular weight is 507 g/mol. The van der Waals surface area contributed by atoms with Crippen molar-refractivity contribution in [2.75, 3.05) is 61.4 Å². The van der Waals surface area contributed by atoms with Gasteiger partial charge in [0, 0.05) is 56.4 Å². The van der Waals surface area contributed by atoms with Gasteiger partial charge in [-0.15, -0.1) is 0 Å². The van der Waals surface area contributed by atoms with Crippen LogP contribution in [0.2, 0.25) is 0 Å². The van der Waals surface area contributed by atoms with Crippen molar-refractivity contribution in [2.24, 2.45) is 0 Å². The van der Waals surface area contributed by atoms with Crippen molar-refractivity contribution < 1.29 is 15.0 Å². The van der Waals surface area contributed by atoms with Crippen LogP contribution in [0.3, 0.4) is 0 Å². The number of aliphatic hydroxyl groups excluding tert-OH is 1. The van der Waals surface area contributed by atoms with Crippen LogP contribution >= 0.6 is 0 Å². The maximum absolute atomic E-state index is 11.9. The van der Waals surface area contributed by atoms with E-state index in [4.69, 9.17) is 0 Å². The number of imidazole rings is 1. The zero-order chi connectivity index (χ0) is 25.6. The van der Waals surface area contributed by atoms with Crippen molar-refractivity contribution >= 4 is 34.7 Å². The summed E-state index contributed by atoms with van der Waals surface area (Å²) in [6.07, 6.45) is 5.63. The molecule has 0 radical (unpaired) electrons. The molecule has 6 N–H and O–H groups in total. The molecule has 0 bridgehead atoms. The van der Waals surface area contributed by atoms with E-state index >= 15 is 0 Å². The Labute approximate surface area is 213 Å². The number of aliphatic hydroxyl groups is 1. The van der Waals surface area contributed by atoms with Crippen LogP contribution in [0, 0.1) is 0 Å². The molecule has 1 saturated heterocycles. The standard InChI is InChI=1S/C24H30N10O3/c35-12-11-33-7-9-34(10-8-33)24-31-22(26-6-5-16-13-27-18-4-2-1-3-17(16)18)30-23(32-24)29-20(21(36)37)19-14-25-15-28-19/h1-4,13-15,20,27,35H,5-12H2,(H,25,28)(H,36,37)(H2,26,29,30,31,32). The van der Waals surface area contributed by atoms with Crippen LogP contribution in [-0.2, 0) is 11.2 Å². The van der Waals surface area contributed by atoms with Crippen molar-refractivity contribution in [1.29, 1.82) is 0 Å². The van der Waals surface area contributed by atoms with Gasteiger partial charge in [-0.05, 0) is 18.1 Å². The Morgan fingerprint density at radius 2 is 1.89 bits per heavy atom. The summed E-state index contributed by atoms with van der Waals surface area (Å²) in [5.41, 5.74) is 2.66. The maximum Gasteiger partial charge on any atom is 0.332 e. The number of nitrogens with zero attached hydrogens (tertiary/aromatic N) is 6. The van der Waals surface area contributed by atoms with Crippen LogP contribution in [0.1, 0.15) is 17.3 Å². The Morgan fingerprint density at radius 1 is 1.08 bits per heavy atom. The number of H-pyrrole nitrogens is 2. The molecule has 1 aliphatic heterocycles. The van der Waals surface area contributed by atoms with E-state index < -0.39 is 12.0 Å². The summed E-state index contributed by atoms with van der Waals surface area (Å²) in [6, 6.07) is 7.04. The number of hydrogen-bond donors (Lipinski definition) is 6. The number of aromatic nitrogens is 6. The normalized spacial score (nSPS) is 15.1. The number of aromatic amines is 2. The van der Waals surface area contributed by atoms with Gasteiger partial charge in [0.15, 0.2) is 6.04 Å². The van der Waals surface area contributed by atoms with Crippen molar-refractivity contribution in [3.05, 3.63) is 54.2 Å². The fourth-order valence-corrected chi connectivity index (χ4v) is 4.44. The number of β-amino-alcohol motifs (C(OH)–C–C–N with tert-alkyl or cyclic N) is 1. The molecule has 194 valence electrons. The molecular weight excluding hydrogens is 476 g/mol. The molecule has 1 atom stereocenters. The molecule has 0 aliphatic carbocycles. The number of rotatable bonds is 11. The minimum atomic E-state index is -1.10. The Hall–Kier alpha value is -4.23. The Bertz CT molecular complexity index is 1320. The molecular formula is C24H30N10O3. The number of piperazine rings is 1. The fourth-order valence-electron chi connectivity index (χ4n) is 4.44. The van der Waals surface area contributed by atoms with Gasteiger partial charge < -0.3 is 35.7 Å². The Morgan fingerprint density at radius 3 is 2.65 bits per heavy atom. The second kappa shape index (κ2) is 11.2. The van der Waals surface area contributed by atoms with Crippen LogP contribution in [0.15, 0.2) is 43.0 Å². The molecule has 5 rings (SSSR count). The lowest BCUT2D eigenvalue weighted by Crippen LogP contribution is -2.47. The van der Waals surface area contributed by atoms with Gasteiger partial charge in [0.05, 0.1) is 24.8 Å². The smallest absolute Gasteiger partial charge is 0.332 e. The van der Waals surface area contributed by atoms with Gasteiger partial charge in [-0.3, -0.25) is 4.90 Å². The number of carboxylic acid groups (broad SMARTS) is 1. The number of carbonyl (C=O) groups is 1. The Kier molecular flexibility index (Phi) is 7.42. The highest BCUT2D eigenvalue weighted by Gasteiger charge is 2.25. The number of benzene rings is 1. The summed E-state index contributed by atoms with van der Waals surface area (Å²) < 4.78 is 0. The lowest BCUT2D eigenvalue weighted by molar-refractivity contribution is -0.138. The number of aliphatic carboxylic acids is 1. The molecule has 13 nitrogen and oxygen atoms in total. The number of hydrogen-bond acceptors (Lipinski definition) is 10. The first-order chi connectivity index (χ1) is 18.1. The van der Waals surface area contributed by atoms with Crippen molar-refractivity contribution in [1.82, 2.24) is 34.8 Å². The van der Waals surface area contributed by atoms with Crippen LogP contribution in [0.25, 0.3) is 10.9 Å². The highest BCUT2D eigenvalue weighted by molar-refractivity contribution is 5.83. The summed E-state index contributed by atoms with van der Waals surface area (Å²) in [5, 5.41) is 26.4. The third kappa shape index (κ3) is 5.78. The monoisotopic (exact) mass is 506 g/mol. The second-order valence-corrected chi connectivity index (χ2v) is 8.79. The van der Waals surface area contributed by atoms with E-state index in [2.05, 4.69) is 51.5 Å². The summed E-state index contributed by atoms with van der Waals surface area (Å²) in [6.45, 7) is 4.23. The topological polar surface area (TPSA) is 171 Å². The summed E-state index contributed by atoms with van der Waals surface area (Å²) >= 11 is 0. The molecule has 0 amide bonds. The van der Waals surface area contributed by atoms with Gasteiger partial charge in [0.2, 0.25) is 17.8 Å². The van der Waals surface area contributed by atoms with Gasteiger partial charge in [-0.25, -0.2) is 9.78 Å². The maximum atomic E-state index is 11.9. The third-order valence-corrected chi connectivity index (χ3v) is 6.40. The van der Waals surface area contributed by atoms with Crippen LogP contribution in [-0.4, -0.2) is 96.9 Å². The number of carboxylic acids is 1. The summed E-state index contributed by atoms with van der Waals surface area (Å²) in [4.78, 5) is 39.8. The van der Waals surface area contributed by atoms with Gasteiger partial charge in [-0.1, -0.05) is 18.2 Å². The molecule has 0 saturated carbocycles. The number of nitrogens with one attached hydrogen (secondary N) is 4. The van der Waals surface area contributed by atoms with Gasteiger partial charge in [0.1, 0.15) is 0 Å². The molecule has 4 heterocycles. The van der Waals surface area contributed by atoms with Gasteiger partial charge >= 0.3 is 5.97 Å². The van der Waals surface area contributed by atoms with E-state index in [0.717, 1.165) is 25.0 Å². The molecule has 37 heavy (non-hydrogen) atoms. The predicted molar refractivity (Wildman–Crippen MR) is 139 cm³/mol. The van der Waals surface area contributed by atoms with Gasteiger partial charge in [-0.2, -0.15) is 15.0 Å². The quantitative estimate of drug-likeness (QED) is 0.172. The van der Waals surface area contributed by atoms with Crippen LogP contribution in [0.5, 0.6) is 0 Å². The predicted octanol–water partition coefficient (Wildman–Crippen LogP) is 1.08. The van der Waals surface area contributed by atoms with Crippen LogP contribution < -0.4 is 15.5 Å². The largest absolute Gasteiger partial charge is 0.479 e. The first-order valence-corrected chi connectivity index (χ1v) is 12.2. The minimum absolute atomic E-state index is 0.120. The highest BCUT2D eigenvalue weighted by atomic mass is 16.4. The minimum Gasteiger partial charge on any atom is -0.479 e. The molecule has 3 aromatic heterocycles. The van der Waals surface area contributed by atoms with E-state index in [9.17, 15) is 15.0 Å². The molecule has 1 aromatic carbocycles. The first kappa shape index (κ1) is 24.5. The SMILES string of the molecule is O=C(O)C(Nc1nc(NCCc2c[nH]c3ccccc23)nc(N2CCN(CCO)CC2)n1)c1cnc[nH]1. The van der Waals surface area contributed by atoms with E-state index in [1.807, 2.05) is 29.3 Å². The van der Waals surface area contributed by atoms with E-state index in [-0.39, 0.29) is 12.6 Å². The van der Waals surface area contributed by atoms with Crippen LogP contribution in [0.4, 0.5) is 17.8 Å². The van der Waals surface area contributed by atoms with Gasteiger partial charge in [0.25, 0.3) is 0 Å². The number of anilines is 3. The lowest BCUT2D eigenvalue weighted by atomic mass is 10.1. The van der Waals surface area contributed by atoms with E-state index in [1.165, 1.54) is 23.5 Å². The average Bonchev–Trinajstić information content (AvgIpc) is 3.58. The van der Waals surface area contributed by atoms with Crippen molar-refractivity contribution in [3.8, 4) is 0 Å². The zero-order valence-corrected chi connectivity index (χ0v) is 20.3. The third-order valence-electron chi connectivity index (χ3n) is 6.40. The summed E-state index contributed by atoms with van der Waals surface area (Å²) in [7, 11) is 0. The van der Waals surface area contributed by atoms with Crippen molar-refractivity contribution in [2.45, 2.75) is 12.5 Å². The Balaban J connectivity index is 1.34. The molecule has 13 heteroatoms. The van der Waals surface area contributed by atoms with E-state index in [0.29, 0.717) is 43.8 Å². The molecule has 1 unspecified atom stereocenters. The van der Waals surface area contributed by atoms with E-state index in [1.54, 1.807) is 0 Å². The molecule has 1 fully saturated rings. The molecule has 1 aliphatic rings. The number of fused-ring (bicyclic) bond motifs is 1. The lowest BCUT2D eigenvalue weighted by Gasteiger charge is -2.34. The number of para-hydroxylation sites is 1. The fraction of sp³-hybridized carbons (Fsp3) is 0.375.